The monoisotopic (exact) mass is 158 g/mol. The first-order valence-electron chi connectivity index (χ1n) is 2.88. The number of carboxylic acids is 2. The van der Waals surface area contributed by atoms with Crippen LogP contribution in [0, 0.1) is 11.8 Å². The molecule has 0 radical (unpaired) electrons. The van der Waals surface area contributed by atoms with E-state index in [0.29, 0.717) is 0 Å². The van der Waals surface area contributed by atoms with Crippen LogP contribution >= 0.6 is 0 Å². The van der Waals surface area contributed by atoms with E-state index in [1.165, 1.54) is 13.8 Å². The average molecular weight is 158 g/mol. The molecule has 0 aromatic heterocycles. The first-order chi connectivity index (χ1) is 4.46. The second kappa shape index (κ2) is 7.77. The predicted molar refractivity (Wildman–Crippen MR) is 28.3 cm³/mol. The van der Waals surface area contributed by atoms with E-state index in [9.17, 15) is 19.8 Å². The van der Waals surface area contributed by atoms with Crippen LogP contribution in [0.25, 0.3) is 0 Å². The molecule has 4 nitrogen and oxygen atoms in total. The third-order valence-corrected chi connectivity index (χ3v) is 1.49. The molecule has 2 unspecified atom stereocenters. The zero-order chi connectivity index (χ0) is 8.31. The van der Waals surface area contributed by atoms with Gasteiger partial charge < -0.3 is 19.8 Å². The van der Waals surface area contributed by atoms with Gasteiger partial charge in [-0.1, -0.05) is 13.8 Å². The Hall–Kier alpha value is 0.135. The summed E-state index contributed by atoms with van der Waals surface area (Å²) in [6.45, 7) is 2.55. The van der Waals surface area contributed by atoms with Crippen molar-refractivity contribution in [3.63, 3.8) is 0 Å². The summed E-state index contributed by atoms with van der Waals surface area (Å²) in [6.07, 6.45) is 0. The SMILES string of the molecule is CC(C(=O)[O-])C(C)C(=O)[O-].[Li+].[Li+]. The van der Waals surface area contributed by atoms with E-state index in [4.69, 9.17) is 0 Å². The van der Waals surface area contributed by atoms with Gasteiger partial charge in [-0.05, 0) is 0 Å². The maximum atomic E-state index is 10.0. The van der Waals surface area contributed by atoms with Crippen LogP contribution in [-0.2, 0) is 9.59 Å². The second-order valence-corrected chi connectivity index (χ2v) is 2.22. The van der Waals surface area contributed by atoms with Crippen molar-refractivity contribution < 1.29 is 57.5 Å². The molecule has 0 aliphatic heterocycles. The Morgan fingerprint density at radius 1 is 0.917 bits per heavy atom. The van der Waals surface area contributed by atoms with Crippen molar-refractivity contribution in [2.75, 3.05) is 0 Å². The van der Waals surface area contributed by atoms with Crippen LogP contribution in [0.2, 0.25) is 0 Å². The molecule has 0 rings (SSSR count). The summed E-state index contributed by atoms with van der Waals surface area (Å²) in [6, 6.07) is 0. The summed E-state index contributed by atoms with van der Waals surface area (Å²) < 4.78 is 0. The van der Waals surface area contributed by atoms with Gasteiger partial charge >= 0.3 is 37.7 Å². The van der Waals surface area contributed by atoms with E-state index in [1.54, 1.807) is 0 Å². The van der Waals surface area contributed by atoms with Crippen LogP contribution in [-0.4, -0.2) is 11.9 Å². The van der Waals surface area contributed by atoms with Gasteiger partial charge in [-0.2, -0.15) is 0 Å². The van der Waals surface area contributed by atoms with Gasteiger partial charge in [-0.3, -0.25) is 0 Å². The van der Waals surface area contributed by atoms with Gasteiger partial charge in [0.1, 0.15) is 0 Å². The Morgan fingerprint density at radius 2 is 1.08 bits per heavy atom. The molecule has 0 bridgehead atoms. The molecular weight excluding hydrogens is 150 g/mol. The summed E-state index contributed by atoms with van der Waals surface area (Å²) in [5.74, 6) is -4.72. The van der Waals surface area contributed by atoms with Crippen molar-refractivity contribution in [3.8, 4) is 0 Å². The number of hydrogen-bond donors (Lipinski definition) is 0. The molecule has 2 atom stereocenters. The smallest absolute Gasteiger partial charge is 0.550 e. The van der Waals surface area contributed by atoms with Gasteiger partial charge in [0.15, 0.2) is 0 Å². The fourth-order valence-electron chi connectivity index (χ4n) is 0.408. The minimum absolute atomic E-state index is 0. The minimum atomic E-state index is -1.36. The van der Waals surface area contributed by atoms with E-state index in [1.807, 2.05) is 0 Å². The molecule has 0 amide bonds. The van der Waals surface area contributed by atoms with E-state index < -0.39 is 23.8 Å². The Morgan fingerprint density at radius 3 is 1.17 bits per heavy atom. The number of aliphatic carboxylic acids is 2. The summed E-state index contributed by atoms with van der Waals surface area (Å²) in [7, 11) is 0. The molecule has 12 heavy (non-hydrogen) atoms. The predicted octanol–water partition coefficient (Wildman–Crippen LogP) is -8.23. The fourth-order valence-corrected chi connectivity index (χ4v) is 0.408. The molecule has 0 aromatic carbocycles. The van der Waals surface area contributed by atoms with Crippen LogP contribution < -0.4 is 47.9 Å². The molecule has 0 heterocycles. The molecule has 0 saturated carbocycles. The Balaban J connectivity index is -0.000000405. The molecule has 0 aliphatic rings. The van der Waals surface area contributed by atoms with Crippen molar-refractivity contribution in [2.24, 2.45) is 11.8 Å². The van der Waals surface area contributed by atoms with Crippen molar-refractivity contribution in [3.05, 3.63) is 0 Å². The van der Waals surface area contributed by atoms with Crippen LogP contribution in [0.3, 0.4) is 0 Å². The fraction of sp³-hybridized carbons (Fsp3) is 0.667. The van der Waals surface area contributed by atoms with E-state index in [2.05, 4.69) is 0 Å². The third kappa shape index (κ3) is 5.74. The van der Waals surface area contributed by atoms with E-state index in [-0.39, 0.29) is 37.7 Å². The van der Waals surface area contributed by atoms with Crippen LogP contribution in [0.15, 0.2) is 0 Å². The zero-order valence-corrected chi connectivity index (χ0v) is 7.79. The third-order valence-electron chi connectivity index (χ3n) is 1.49. The Labute approximate surface area is 95.1 Å². The summed E-state index contributed by atoms with van der Waals surface area (Å²) in [4.78, 5) is 20.1. The number of rotatable bonds is 3. The van der Waals surface area contributed by atoms with Crippen molar-refractivity contribution in [1.29, 1.82) is 0 Å². The molecular formula is C6H8Li2O4. The molecule has 58 valence electrons. The Bertz CT molecular complexity index is 142. The molecule has 0 fully saturated rings. The van der Waals surface area contributed by atoms with E-state index in [0.717, 1.165) is 0 Å². The van der Waals surface area contributed by atoms with Crippen LogP contribution in [0.4, 0.5) is 0 Å². The van der Waals surface area contributed by atoms with Crippen molar-refractivity contribution >= 4 is 11.9 Å². The van der Waals surface area contributed by atoms with Gasteiger partial charge in [0, 0.05) is 23.8 Å². The van der Waals surface area contributed by atoms with Gasteiger partial charge in [0.05, 0.1) is 0 Å². The molecule has 0 aliphatic carbocycles. The minimum Gasteiger partial charge on any atom is -0.550 e. The van der Waals surface area contributed by atoms with Crippen LogP contribution in [0.5, 0.6) is 0 Å². The second-order valence-electron chi connectivity index (χ2n) is 2.22. The number of carboxylic acid groups (broad SMARTS) is 2. The van der Waals surface area contributed by atoms with Gasteiger partial charge in [-0.25, -0.2) is 0 Å². The normalized spacial score (nSPS) is 13.2. The molecule has 6 heteroatoms. The maximum Gasteiger partial charge on any atom is 1.00 e. The summed E-state index contributed by atoms with van der Waals surface area (Å²) >= 11 is 0. The quantitative estimate of drug-likeness (QED) is 0.382. The van der Waals surface area contributed by atoms with Gasteiger partial charge in [-0.15, -0.1) is 0 Å². The molecule has 0 saturated heterocycles. The summed E-state index contributed by atoms with van der Waals surface area (Å²) in [5.41, 5.74) is 0. The average Bonchev–Trinajstić information content (AvgIpc) is 1.84. The first kappa shape index (κ1) is 18.0. The van der Waals surface area contributed by atoms with Gasteiger partial charge in [0.25, 0.3) is 0 Å². The molecule has 0 aromatic rings. The number of hydrogen-bond acceptors (Lipinski definition) is 4. The standard InChI is InChI=1S/C6H10O4.2Li/c1-3(5(7)8)4(2)6(9)10;;/h3-4H,1-2H3,(H,7,8)(H,9,10);;/q;2*+1/p-2. The van der Waals surface area contributed by atoms with Gasteiger partial charge in [0.2, 0.25) is 0 Å². The topological polar surface area (TPSA) is 80.3 Å². The Kier molecular flexibility index (Phi) is 11.7. The summed E-state index contributed by atoms with van der Waals surface area (Å²) in [5, 5.41) is 20.1. The van der Waals surface area contributed by atoms with Crippen molar-refractivity contribution in [1.82, 2.24) is 0 Å². The largest absolute Gasteiger partial charge is 1.00 e. The maximum absolute atomic E-state index is 10.0. The molecule has 0 spiro atoms. The first-order valence-corrected chi connectivity index (χ1v) is 2.88. The van der Waals surface area contributed by atoms with Crippen molar-refractivity contribution in [2.45, 2.75) is 13.8 Å². The molecule has 0 N–H and O–H groups in total. The van der Waals surface area contributed by atoms with E-state index >= 15 is 0 Å². The number of carbonyl (C=O) groups is 2. The zero-order valence-electron chi connectivity index (χ0n) is 7.79. The number of carbonyl (C=O) groups excluding carboxylic acids is 2. The van der Waals surface area contributed by atoms with Crippen LogP contribution in [0.1, 0.15) is 13.8 Å².